The number of nitrogens with one attached hydrogen (secondary N) is 1. The van der Waals surface area contributed by atoms with Crippen LogP contribution in [0.1, 0.15) is 146 Å². The van der Waals surface area contributed by atoms with Gasteiger partial charge in [-0.15, -0.1) is 0 Å². The topological polar surface area (TPSA) is 130 Å². The van der Waals surface area contributed by atoms with Crippen molar-refractivity contribution in [1.29, 1.82) is 0 Å². The fraction of sp³-hybridized carbons (Fsp3) is 0.714. The summed E-state index contributed by atoms with van der Waals surface area (Å²) in [5, 5.41) is 22.0. The number of carbonyl (C=O) groups excluding carboxylic acids is 2. The molecule has 0 aliphatic heterocycles. The summed E-state index contributed by atoms with van der Waals surface area (Å²) in [6.07, 6.45) is 12.2. The molecule has 6 rings (SSSR count). The number of rotatable bonds is 8. The quantitative estimate of drug-likeness (QED) is 0.141. The first-order chi connectivity index (χ1) is 23.3. The van der Waals surface area contributed by atoms with Gasteiger partial charge in [0, 0.05) is 18.4 Å². The van der Waals surface area contributed by atoms with Crippen molar-refractivity contribution in [2.75, 3.05) is 6.54 Å². The maximum atomic E-state index is 14.2. The predicted molar refractivity (Wildman–Crippen MR) is 192 cm³/mol. The zero-order chi connectivity index (χ0) is 36.5. The fourth-order valence-electron chi connectivity index (χ4n) is 12.5. The van der Waals surface area contributed by atoms with E-state index in [1.54, 1.807) is 18.2 Å². The van der Waals surface area contributed by atoms with Crippen molar-refractivity contribution in [3.8, 4) is 0 Å². The van der Waals surface area contributed by atoms with Crippen LogP contribution >= 0.6 is 0 Å². The first-order valence-corrected chi connectivity index (χ1v) is 19.1. The second-order valence-electron chi connectivity index (χ2n) is 18.7. The molecule has 8 nitrogen and oxygen atoms in total. The first-order valence-electron chi connectivity index (χ1n) is 19.1. The third kappa shape index (κ3) is 5.62. The number of allylic oxidation sites excluding steroid dienone is 2. The Morgan fingerprint density at radius 3 is 2.20 bits per heavy atom. The number of aliphatic carboxylic acids is 1. The van der Waals surface area contributed by atoms with Crippen molar-refractivity contribution in [1.82, 2.24) is 5.32 Å². The van der Waals surface area contributed by atoms with E-state index in [0.717, 1.165) is 64.2 Å². The standard InChI is InChI=1S/C42H59NO7/c1-37(2)20-22-42(36(49)43-24-10-13-33(44)45)23-21-40(6)28(29(42)25-37)14-15-31-39(5)18-17-32(38(3,4)30(39)16-19-41(31,40)7)50-35(48)27-12-9-8-11-26(27)34(46)47/h8-9,11-12,14,29-32H,10,13,15-25H2,1-7H3,(H,43,49)(H,44,45)(H,46,47)/t29?,30?,31?,32-,39-,40+,41+,42-/m0/s1. The molecule has 0 aromatic heterocycles. The number of carbonyl (C=O) groups is 4. The monoisotopic (exact) mass is 689 g/mol. The third-order valence-corrected chi connectivity index (χ3v) is 15.5. The number of hydrogen-bond acceptors (Lipinski definition) is 5. The molecule has 50 heavy (non-hydrogen) atoms. The number of ether oxygens (including phenoxy) is 1. The highest BCUT2D eigenvalue weighted by Crippen LogP contribution is 2.76. The number of carboxylic acids is 2. The van der Waals surface area contributed by atoms with Crippen molar-refractivity contribution in [2.45, 2.75) is 132 Å². The molecule has 4 saturated carbocycles. The van der Waals surface area contributed by atoms with Crippen LogP contribution in [-0.4, -0.2) is 46.7 Å². The van der Waals surface area contributed by atoms with Crippen LogP contribution in [0.15, 0.2) is 35.9 Å². The van der Waals surface area contributed by atoms with Crippen molar-refractivity contribution in [3.05, 3.63) is 47.0 Å². The van der Waals surface area contributed by atoms with Gasteiger partial charge < -0.3 is 20.3 Å². The maximum Gasteiger partial charge on any atom is 0.339 e. The van der Waals surface area contributed by atoms with Crippen LogP contribution in [0.3, 0.4) is 0 Å². The van der Waals surface area contributed by atoms with Crippen molar-refractivity contribution < 1.29 is 34.1 Å². The fourth-order valence-corrected chi connectivity index (χ4v) is 12.5. The largest absolute Gasteiger partial charge is 0.481 e. The van der Waals surface area contributed by atoms with Crippen LogP contribution in [0.4, 0.5) is 0 Å². The molecule has 0 saturated heterocycles. The van der Waals surface area contributed by atoms with Gasteiger partial charge in [-0.25, -0.2) is 9.59 Å². The van der Waals surface area contributed by atoms with Gasteiger partial charge in [0.1, 0.15) is 6.10 Å². The number of esters is 1. The second-order valence-corrected chi connectivity index (χ2v) is 18.7. The van der Waals surface area contributed by atoms with E-state index in [4.69, 9.17) is 9.84 Å². The lowest BCUT2D eigenvalue weighted by atomic mass is 9.33. The Labute approximate surface area is 298 Å². The average Bonchev–Trinajstić information content (AvgIpc) is 3.04. The Morgan fingerprint density at radius 1 is 0.840 bits per heavy atom. The van der Waals surface area contributed by atoms with E-state index in [-0.39, 0.29) is 62.6 Å². The Bertz CT molecular complexity index is 1590. The molecule has 1 aromatic carbocycles. The molecule has 1 amide bonds. The summed E-state index contributed by atoms with van der Waals surface area (Å²) in [5.74, 6) is -1.45. The van der Waals surface area contributed by atoms with E-state index in [1.165, 1.54) is 11.6 Å². The summed E-state index contributed by atoms with van der Waals surface area (Å²) < 4.78 is 6.22. The molecule has 274 valence electrons. The summed E-state index contributed by atoms with van der Waals surface area (Å²) >= 11 is 0. The molecule has 3 N–H and O–H groups in total. The Morgan fingerprint density at radius 2 is 1.52 bits per heavy atom. The van der Waals surface area contributed by atoms with E-state index in [1.807, 2.05) is 0 Å². The summed E-state index contributed by atoms with van der Waals surface area (Å²) in [4.78, 5) is 50.6. The van der Waals surface area contributed by atoms with Gasteiger partial charge in [0.15, 0.2) is 0 Å². The number of fused-ring (bicyclic) bond motifs is 7. The van der Waals surface area contributed by atoms with Gasteiger partial charge in [0.05, 0.1) is 16.5 Å². The van der Waals surface area contributed by atoms with E-state index in [9.17, 15) is 24.3 Å². The van der Waals surface area contributed by atoms with Crippen LogP contribution in [0.5, 0.6) is 0 Å². The molecular weight excluding hydrogens is 630 g/mol. The number of aromatic carboxylic acids is 1. The van der Waals surface area contributed by atoms with Crippen molar-refractivity contribution in [2.24, 2.45) is 50.2 Å². The molecule has 3 unspecified atom stereocenters. The Kier molecular flexibility index (Phi) is 9.16. The minimum Gasteiger partial charge on any atom is -0.481 e. The van der Waals surface area contributed by atoms with E-state index in [0.29, 0.717) is 24.8 Å². The average molecular weight is 690 g/mol. The third-order valence-electron chi connectivity index (χ3n) is 15.5. The lowest BCUT2D eigenvalue weighted by molar-refractivity contribution is -0.204. The summed E-state index contributed by atoms with van der Waals surface area (Å²) in [6, 6.07) is 6.30. The van der Waals surface area contributed by atoms with Crippen LogP contribution in [0.2, 0.25) is 0 Å². The van der Waals surface area contributed by atoms with Gasteiger partial charge in [-0.3, -0.25) is 9.59 Å². The SMILES string of the molecule is CC1(C)CC[C@]2(C(=O)NCCCC(=O)O)CC[C@]3(C)C(=CCC4[C@@]5(C)CC[C@H](OC(=O)c6ccccc6C(=O)O)C(C)(C)C5CC[C@]43C)C2C1. The minimum absolute atomic E-state index is 0.0315. The molecule has 0 bridgehead atoms. The van der Waals surface area contributed by atoms with Crippen molar-refractivity contribution >= 4 is 23.8 Å². The molecule has 1 aromatic rings. The molecule has 5 aliphatic rings. The lowest BCUT2D eigenvalue weighted by Gasteiger charge is -2.71. The molecular formula is C42H59NO7. The van der Waals surface area contributed by atoms with Gasteiger partial charge in [-0.2, -0.15) is 0 Å². The molecule has 8 heteroatoms. The summed E-state index contributed by atoms with van der Waals surface area (Å²) in [7, 11) is 0. The zero-order valence-electron chi connectivity index (χ0n) is 31.3. The molecule has 0 spiro atoms. The van der Waals surface area contributed by atoms with Gasteiger partial charge in [0.25, 0.3) is 0 Å². The van der Waals surface area contributed by atoms with E-state index >= 15 is 0 Å². The zero-order valence-corrected chi connectivity index (χ0v) is 31.3. The minimum atomic E-state index is -1.13. The molecule has 8 atom stereocenters. The highest BCUT2D eigenvalue weighted by molar-refractivity contribution is 6.02. The highest BCUT2D eigenvalue weighted by Gasteiger charge is 2.69. The number of amides is 1. The Hall–Kier alpha value is -3.16. The van der Waals surface area contributed by atoms with Crippen molar-refractivity contribution in [3.63, 3.8) is 0 Å². The molecule has 0 heterocycles. The molecule has 0 radical (unpaired) electrons. The predicted octanol–water partition coefficient (Wildman–Crippen LogP) is 8.69. The van der Waals surface area contributed by atoms with Gasteiger partial charge in [0.2, 0.25) is 5.91 Å². The molecule has 5 aliphatic carbocycles. The number of hydrogen-bond donors (Lipinski definition) is 3. The normalized spacial score (nSPS) is 38.2. The van der Waals surface area contributed by atoms with Gasteiger partial charge in [-0.1, -0.05) is 72.2 Å². The van der Waals surface area contributed by atoms with Crippen LogP contribution < -0.4 is 5.32 Å². The molecule has 4 fully saturated rings. The van der Waals surface area contributed by atoms with E-state index in [2.05, 4.69) is 59.9 Å². The smallest absolute Gasteiger partial charge is 0.339 e. The maximum absolute atomic E-state index is 14.2. The van der Waals surface area contributed by atoms with Crippen LogP contribution in [-0.2, 0) is 14.3 Å². The Balaban J connectivity index is 1.28. The van der Waals surface area contributed by atoms with Gasteiger partial charge in [-0.05, 0) is 122 Å². The lowest BCUT2D eigenvalue weighted by Crippen LogP contribution is -2.65. The summed E-state index contributed by atoms with van der Waals surface area (Å²) in [6.45, 7) is 17.1. The first kappa shape index (κ1) is 36.6. The van der Waals surface area contributed by atoms with Crippen LogP contribution in [0.25, 0.3) is 0 Å². The van der Waals surface area contributed by atoms with E-state index < -0.39 is 23.3 Å². The number of carboxylic acid groups (broad SMARTS) is 2. The second kappa shape index (κ2) is 12.5. The van der Waals surface area contributed by atoms with Crippen LogP contribution in [0, 0.1) is 50.2 Å². The van der Waals surface area contributed by atoms with Gasteiger partial charge >= 0.3 is 17.9 Å². The highest BCUT2D eigenvalue weighted by atomic mass is 16.5. The number of benzene rings is 1. The summed E-state index contributed by atoms with van der Waals surface area (Å²) in [5.41, 5.74) is 1.02.